The molecule has 0 nitrogen and oxygen atoms in total. The number of benzene rings is 3. The van der Waals surface area contributed by atoms with Gasteiger partial charge in [0, 0.05) is 16.7 Å². The Morgan fingerprint density at radius 2 is 1.12 bits per heavy atom. The average molecular weight is 452 g/mol. The lowest BCUT2D eigenvalue weighted by Crippen LogP contribution is -1.97. The fourth-order valence-corrected chi connectivity index (χ4v) is 3.31. The van der Waals surface area contributed by atoms with Crippen LogP contribution in [0.2, 0.25) is 0 Å². The summed E-state index contributed by atoms with van der Waals surface area (Å²) in [5.41, 5.74) is 0.354. The number of halogens is 5. The van der Waals surface area contributed by atoms with E-state index in [0.717, 1.165) is 42.7 Å². The SMILES string of the molecule is CCCc1ccc(C#Cc2cc(F)c(C#Cc3cc(F)c(CCC)c(F)c3)c(F)c2)c(F)c1. The molecule has 0 aliphatic carbocycles. The highest BCUT2D eigenvalue weighted by atomic mass is 19.1. The number of aryl methyl sites for hydroxylation is 1. The number of rotatable bonds is 4. The minimum atomic E-state index is -0.978. The third-order valence-corrected chi connectivity index (χ3v) is 4.93. The van der Waals surface area contributed by atoms with Crippen LogP contribution in [0.1, 0.15) is 60.1 Å². The molecule has 3 aromatic rings. The molecule has 3 aromatic carbocycles. The Labute approximate surface area is 190 Å². The van der Waals surface area contributed by atoms with Crippen LogP contribution in [0, 0.1) is 52.8 Å². The van der Waals surface area contributed by atoms with Crippen molar-refractivity contribution in [2.45, 2.75) is 39.5 Å². The molecule has 0 amide bonds. The second-order valence-electron chi connectivity index (χ2n) is 7.55. The molecule has 0 fully saturated rings. The van der Waals surface area contributed by atoms with Crippen molar-refractivity contribution in [2.75, 3.05) is 0 Å². The average Bonchev–Trinajstić information content (AvgIpc) is 2.75. The van der Waals surface area contributed by atoms with Crippen molar-refractivity contribution in [3.05, 3.63) is 105 Å². The predicted molar refractivity (Wildman–Crippen MR) is 119 cm³/mol. The maximum atomic E-state index is 14.4. The Balaban J connectivity index is 1.87. The molecule has 0 aromatic heterocycles. The van der Waals surface area contributed by atoms with Gasteiger partial charge in [0.2, 0.25) is 0 Å². The molecule has 0 unspecified atom stereocenters. The lowest BCUT2D eigenvalue weighted by Gasteiger charge is -2.04. The lowest BCUT2D eigenvalue weighted by molar-refractivity contribution is 0.552. The third-order valence-electron chi connectivity index (χ3n) is 4.93. The third kappa shape index (κ3) is 6.02. The van der Waals surface area contributed by atoms with Crippen molar-refractivity contribution >= 4 is 0 Å². The Bertz CT molecular complexity index is 1250. The van der Waals surface area contributed by atoms with Crippen LogP contribution in [0.25, 0.3) is 0 Å². The summed E-state index contributed by atoms with van der Waals surface area (Å²) in [4.78, 5) is 0. The molecule has 0 spiro atoms. The van der Waals surface area contributed by atoms with Crippen molar-refractivity contribution in [3.63, 3.8) is 0 Å². The molecule has 0 saturated heterocycles. The van der Waals surface area contributed by atoms with E-state index in [4.69, 9.17) is 0 Å². The van der Waals surface area contributed by atoms with Crippen LogP contribution >= 0.6 is 0 Å². The van der Waals surface area contributed by atoms with Crippen LogP contribution in [-0.4, -0.2) is 0 Å². The molecular weight excluding hydrogens is 431 g/mol. The van der Waals surface area contributed by atoms with Gasteiger partial charge in [0.1, 0.15) is 29.1 Å². The topological polar surface area (TPSA) is 0 Å². The van der Waals surface area contributed by atoms with E-state index in [9.17, 15) is 22.0 Å². The first-order chi connectivity index (χ1) is 15.8. The molecule has 0 N–H and O–H groups in total. The van der Waals surface area contributed by atoms with Gasteiger partial charge < -0.3 is 0 Å². The highest BCUT2D eigenvalue weighted by Crippen LogP contribution is 2.18. The Hall–Kier alpha value is -3.57. The molecule has 0 aliphatic rings. The first-order valence-corrected chi connectivity index (χ1v) is 10.6. The summed E-state index contributed by atoms with van der Waals surface area (Å²) in [6, 6.07) is 8.73. The zero-order chi connectivity index (χ0) is 24.0. The van der Waals surface area contributed by atoms with Gasteiger partial charge >= 0.3 is 0 Å². The summed E-state index contributed by atoms with van der Waals surface area (Å²) < 4.78 is 71.2. The summed E-state index contributed by atoms with van der Waals surface area (Å²) >= 11 is 0. The highest BCUT2D eigenvalue weighted by molar-refractivity contribution is 5.50. The predicted octanol–water partition coefficient (Wildman–Crippen LogP) is 7.09. The molecule has 0 aliphatic heterocycles. The molecule has 0 heterocycles. The molecule has 5 heteroatoms. The molecule has 0 radical (unpaired) electrons. The fraction of sp³-hybridized carbons (Fsp3) is 0.214. The zero-order valence-electron chi connectivity index (χ0n) is 18.3. The van der Waals surface area contributed by atoms with E-state index in [2.05, 4.69) is 23.7 Å². The maximum absolute atomic E-state index is 14.4. The van der Waals surface area contributed by atoms with Gasteiger partial charge in [-0.05, 0) is 54.8 Å². The van der Waals surface area contributed by atoms with Crippen LogP contribution in [0.3, 0.4) is 0 Å². The number of hydrogen-bond donors (Lipinski definition) is 0. The van der Waals surface area contributed by atoms with Crippen LogP contribution in [0.4, 0.5) is 22.0 Å². The first-order valence-electron chi connectivity index (χ1n) is 10.6. The second kappa shape index (κ2) is 10.8. The molecule has 3 rings (SSSR count). The van der Waals surface area contributed by atoms with Crippen molar-refractivity contribution in [3.8, 4) is 23.7 Å². The van der Waals surface area contributed by atoms with Gasteiger partial charge in [-0.1, -0.05) is 56.4 Å². The standard InChI is InChI=1S/C28H21F5/c1-3-5-18-7-10-21(24(29)13-18)11-8-19-14-27(32)23(28(33)15-19)12-9-20-16-25(30)22(6-4-2)26(31)17-20/h7,10,13-17H,3-6H2,1-2H3. The van der Waals surface area contributed by atoms with E-state index in [0.29, 0.717) is 6.42 Å². The minimum absolute atomic E-state index is 0.00796. The first kappa shape index (κ1) is 24.1. The van der Waals surface area contributed by atoms with Crippen molar-refractivity contribution in [1.29, 1.82) is 0 Å². The largest absolute Gasteiger partial charge is 0.207 e. The summed E-state index contributed by atoms with van der Waals surface area (Å²) in [6.07, 6.45) is 2.43. The Morgan fingerprint density at radius 3 is 1.67 bits per heavy atom. The summed E-state index contributed by atoms with van der Waals surface area (Å²) in [5.74, 6) is 5.87. The molecule has 0 saturated carbocycles. The van der Waals surface area contributed by atoms with E-state index >= 15 is 0 Å². The van der Waals surface area contributed by atoms with Gasteiger partial charge in [-0.3, -0.25) is 0 Å². The van der Waals surface area contributed by atoms with Crippen LogP contribution in [-0.2, 0) is 12.8 Å². The molecule has 168 valence electrons. The van der Waals surface area contributed by atoms with Gasteiger partial charge in [0.25, 0.3) is 0 Å². The summed E-state index contributed by atoms with van der Waals surface area (Å²) in [7, 11) is 0. The molecule has 0 atom stereocenters. The van der Waals surface area contributed by atoms with E-state index in [1.54, 1.807) is 13.0 Å². The zero-order valence-corrected chi connectivity index (χ0v) is 18.3. The fourth-order valence-electron chi connectivity index (χ4n) is 3.31. The summed E-state index contributed by atoms with van der Waals surface area (Å²) in [5, 5.41) is 0. The second-order valence-corrected chi connectivity index (χ2v) is 7.55. The monoisotopic (exact) mass is 452 g/mol. The van der Waals surface area contributed by atoms with Crippen LogP contribution < -0.4 is 0 Å². The van der Waals surface area contributed by atoms with Gasteiger partial charge in [0.05, 0.1) is 11.1 Å². The van der Waals surface area contributed by atoms with E-state index in [1.165, 1.54) is 12.1 Å². The van der Waals surface area contributed by atoms with Crippen molar-refractivity contribution in [1.82, 2.24) is 0 Å². The molecule has 33 heavy (non-hydrogen) atoms. The van der Waals surface area contributed by atoms with Gasteiger partial charge in [-0.25, -0.2) is 22.0 Å². The Kier molecular flexibility index (Phi) is 7.91. The van der Waals surface area contributed by atoms with E-state index < -0.39 is 34.6 Å². The van der Waals surface area contributed by atoms with Gasteiger partial charge in [-0.2, -0.15) is 0 Å². The van der Waals surface area contributed by atoms with Crippen LogP contribution in [0.15, 0.2) is 42.5 Å². The van der Waals surface area contributed by atoms with E-state index in [-0.39, 0.29) is 28.7 Å². The quantitative estimate of drug-likeness (QED) is 0.293. The van der Waals surface area contributed by atoms with Gasteiger partial charge in [-0.15, -0.1) is 0 Å². The normalized spacial score (nSPS) is 10.3. The van der Waals surface area contributed by atoms with Crippen molar-refractivity contribution in [2.24, 2.45) is 0 Å². The van der Waals surface area contributed by atoms with E-state index in [1.807, 2.05) is 6.92 Å². The van der Waals surface area contributed by atoms with Gasteiger partial charge in [0.15, 0.2) is 0 Å². The number of hydrogen-bond acceptors (Lipinski definition) is 0. The summed E-state index contributed by atoms with van der Waals surface area (Å²) in [6.45, 7) is 3.79. The smallest absolute Gasteiger partial charge is 0.143 e. The Morgan fingerprint density at radius 1 is 0.576 bits per heavy atom. The van der Waals surface area contributed by atoms with Crippen molar-refractivity contribution < 1.29 is 22.0 Å². The van der Waals surface area contributed by atoms with Crippen LogP contribution in [0.5, 0.6) is 0 Å². The molecule has 0 bridgehead atoms. The minimum Gasteiger partial charge on any atom is -0.207 e. The maximum Gasteiger partial charge on any atom is 0.143 e. The highest BCUT2D eigenvalue weighted by Gasteiger charge is 2.11. The lowest BCUT2D eigenvalue weighted by atomic mass is 10.0. The molecular formula is C28H21F5.